The van der Waals surface area contributed by atoms with E-state index in [2.05, 4.69) is 15.5 Å². The minimum Gasteiger partial charge on any atom is -0.480 e. The SMILES string of the molecule is COc1ccc(-c2cccc(NC(=O)c3cccc(C(F)(F)F)c3)c2)nn1. The van der Waals surface area contributed by atoms with Gasteiger partial charge in [0.1, 0.15) is 0 Å². The topological polar surface area (TPSA) is 64.1 Å². The molecule has 0 aliphatic carbocycles. The number of benzene rings is 2. The van der Waals surface area contributed by atoms with Crippen molar-refractivity contribution < 1.29 is 22.7 Å². The molecule has 0 atom stereocenters. The summed E-state index contributed by atoms with van der Waals surface area (Å²) in [7, 11) is 1.48. The average molecular weight is 373 g/mol. The van der Waals surface area contributed by atoms with E-state index in [1.54, 1.807) is 36.4 Å². The molecule has 5 nitrogen and oxygen atoms in total. The average Bonchev–Trinajstić information content (AvgIpc) is 2.68. The number of nitrogens with one attached hydrogen (secondary N) is 1. The van der Waals surface area contributed by atoms with E-state index in [9.17, 15) is 18.0 Å². The maximum absolute atomic E-state index is 12.8. The fourth-order valence-corrected chi connectivity index (χ4v) is 2.38. The van der Waals surface area contributed by atoms with E-state index >= 15 is 0 Å². The van der Waals surface area contributed by atoms with Crippen LogP contribution in [-0.4, -0.2) is 23.2 Å². The van der Waals surface area contributed by atoms with Crippen LogP contribution in [0, 0.1) is 0 Å². The molecule has 0 aliphatic heterocycles. The summed E-state index contributed by atoms with van der Waals surface area (Å²) in [5.74, 6) is -0.271. The van der Waals surface area contributed by atoms with Gasteiger partial charge in [0, 0.05) is 22.9 Å². The number of hydrogen-bond donors (Lipinski definition) is 1. The van der Waals surface area contributed by atoms with Crippen molar-refractivity contribution in [2.75, 3.05) is 12.4 Å². The minimum absolute atomic E-state index is 0.0838. The second-order valence-electron chi connectivity index (χ2n) is 5.57. The highest BCUT2D eigenvalue weighted by atomic mass is 19.4. The van der Waals surface area contributed by atoms with Crippen LogP contribution in [0.1, 0.15) is 15.9 Å². The molecule has 2 aromatic carbocycles. The van der Waals surface area contributed by atoms with Crippen LogP contribution in [0.15, 0.2) is 60.7 Å². The molecule has 0 radical (unpaired) electrons. The van der Waals surface area contributed by atoms with Gasteiger partial charge >= 0.3 is 6.18 Å². The second kappa shape index (κ2) is 7.45. The molecule has 8 heteroatoms. The Hall–Kier alpha value is -3.42. The number of anilines is 1. The highest BCUT2D eigenvalue weighted by molar-refractivity contribution is 6.04. The molecular weight excluding hydrogens is 359 g/mol. The largest absolute Gasteiger partial charge is 0.480 e. The van der Waals surface area contributed by atoms with Crippen molar-refractivity contribution >= 4 is 11.6 Å². The molecule has 0 fully saturated rings. The van der Waals surface area contributed by atoms with E-state index in [1.807, 2.05) is 0 Å². The molecule has 0 aliphatic rings. The van der Waals surface area contributed by atoms with Crippen molar-refractivity contribution in [1.29, 1.82) is 0 Å². The third kappa shape index (κ3) is 4.41. The number of nitrogens with zero attached hydrogens (tertiary/aromatic N) is 2. The number of hydrogen-bond acceptors (Lipinski definition) is 4. The van der Waals surface area contributed by atoms with Crippen LogP contribution in [-0.2, 0) is 6.18 Å². The van der Waals surface area contributed by atoms with Crippen molar-refractivity contribution in [2.24, 2.45) is 0 Å². The number of rotatable bonds is 4. The van der Waals surface area contributed by atoms with Gasteiger partial charge in [-0.3, -0.25) is 4.79 Å². The van der Waals surface area contributed by atoms with Crippen molar-refractivity contribution in [3.8, 4) is 17.1 Å². The quantitative estimate of drug-likeness (QED) is 0.735. The molecule has 3 aromatic rings. The van der Waals surface area contributed by atoms with E-state index in [0.717, 1.165) is 12.1 Å². The fourth-order valence-electron chi connectivity index (χ4n) is 2.38. The van der Waals surface area contributed by atoms with Gasteiger partial charge in [-0.1, -0.05) is 18.2 Å². The van der Waals surface area contributed by atoms with Crippen LogP contribution in [0.5, 0.6) is 5.88 Å². The standard InChI is InChI=1S/C19H14F3N3O2/c1-27-17-9-8-16(24-25-17)12-4-3-7-15(11-12)23-18(26)13-5-2-6-14(10-13)19(20,21)22/h2-11H,1H3,(H,23,26). The van der Waals surface area contributed by atoms with E-state index in [0.29, 0.717) is 22.8 Å². The third-order valence-corrected chi connectivity index (χ3v) is 3.72. The molecule has 0 saturated heterocycles. The Bertz CT molecular complexity index is 957. The summed E-state index contributed by atoms with van der Waals surface area (Å²) in [4.78, 5) is 12.3. The molecule has 0 saturated carbocycles. The smallest absolute Gasteiger partial charge is 0.416 e. The summed E-state index contributed by atoms with van der Waals surface area (Å²) in [6.45, 7) is 0. The predicted molar refractivity (Wildman–Crippen MR) is 93.4 cm³/mol. The zero-order valence-corrected chi connectivity index (χ0v) is 14.1. The highest BCUT2D eigenvalue weighted by Crippen LogP contribution is 2.30. The van der Waals surface area contributed by atoms with Crippen LogP contribution < -0.4 is 10.1 Å². The van der Waals surface area contributed by atoms with E-state index in [4.69, 9.17) is 4.74 Å². The minimum atomic E-state index is -4.51. The summed E-state index contributed by atoms with van der Waals surface area (Å²) in [5, 5.41) is 10.5. The van der Waals surface area contributed by atoms with Crippen molar-refractivity contribution in [3.05, 3.63) is 71.8 Å². The lowest BCUT2D eigenvalue weighted by Gasteiger charge is -2.10. The van der Waals surface area contributed by atoms with Gasteiger partial charge in [-0.2, -0.15) is 13.2 Å². The number of carbonyl (C=O) groups is 1. The molecule has 27 heavy (non-hydrogen) atoms. The number of amides is 1. The summed E-state index contributed by atoms with van der Waals surface area (Å²) in [6.07, 6.45) is -4.51. The van der Waals surface area contributed by atoms with Crippen molar-refractivity contribution in [1.82, 2.24) is 10.2 Å². The third-order valence-electron chi connectivity index (χ3n) is 3.72. The Morgan fingerprint density at radius 1 is 1.00 bits per heavy atom. The first-order chi connectivity index (χ1) is 12.9. The Kier molecular flexibility index (Phi) is 5.07. The maximum atomic E-state index is 12.8. The van der Waals surface area contributed by atoms with Crippen molar-refractivity contribution in [2.45, 2.75) is 6.18 Å². The summed E-state index contributed by atoms with van der Waals surface area (Å²) in [5.41, 5.74) is 0.711. The Labute approximate surface area is 152 Å². The number of alkyl halides is 3. The molecule has 1 amide bonds. The zero-order chi connectivity index (χ0) is 19.4. The first kappa shape index (κ1) is 18.4. The maximum Gasteiger partial charge on any atom is 0.416 e. The molecule has 1 N–H and O–H groups in total. The molecule has 1 aromatic heterocycles. The van der Waals surface area contributed by atoms with E-state index in [-0.39, 0.29) is 5.56 Å². The van der Waals surface area contributed by atoms with Gasteiger partial charge < -0.3 is 10.1 Å². The monoisotopic (exact) mass is 373 g/mol. The van der Waals surface area contributed by atoms with Gasteiger partial charge in [0.2, 0.25) is 5.88 Å². The van der Waals surface area contributed by atoms with Gasteiger partial charge in [-0.05, 0) is 36.4 Å². The van der Waals surface area contributed by atoms with Crippen LogP contribution in [0.3, 0.4) is 0 Å². The molecule has 0 spiro atoms. The summed E-state index contributed by atoms with van der Waals surface area (Å²) in [6, 6.07) is 14.4. The van der Waals surface area contributed by atoms with Gasteiger partial charge in [-0.15, -0.1) is 10.2 Å². The number of halogens is 3. The second-order valence-corrected chi connectivity index (χ2v) is 5.57. The first-order valence-electron chi connectivity index (χ1n) is 7.83. The molecule has 0 unspecified atom stereocenters. The van der Waals surface area contributed by atoms with Crippen molar-refractivity contribution in [3.63, 3.8) is 0 Å². The lowest BCUT2D eigenvalue weighted by Crippen LogP contribution is -2.14. The Morgan fingerprint density at radius 3 is 2.44 bits per heavy atom. The first-order valence-corrected chi connectivity index (χ1v) is 7.83. The molecule has 138 valence electrons. The van der Waals surface area contributed by atoms with Crippen LogP contribution in [0.25, 0.3) is 11.3 Å². The number of ether oxygens (including phenoxy) is 1. The Balaban J connectivity index is 1.81. The number of aromatic nitrogens is 2. The molecular formula is C19H14F3N3O2. The number of carbonyl (C=O) groups excluding carboxylic acids is 1. The van der Waals surface area contributed by atoms with Crippen LogP contribution in [0.4, 0.5) is 18.9 Å². The summed E-state index contributed by atoms with van der Waals surface area (Å²) < 4.78 is 43.4. The van der Waals surface area contributed by atoms with Crippen LogP contribution >= 0.6 is 0 Å². The van der Waals surface area contributed by atoms with E-state index in [1.165, 1.54) is 19.2 Å². The normalized spacial score (nSPS) is 11.1. The van der Waals surface area contributed by atoms with Gasteiger partial charge in [0.25, 0.3) is 5.91 Å². The van der Waals surface area contributed by atoms with Gasteiger partial charge in [0.15, 0.2) is 0 Å². The van der Waals surface area contributed by atoms with Gasteiger partial charge in [-0.25, -0.2) is 0 Å². The predicted octanol–water partition coefficient (Wildman–Crippen LogP) is 4.42. The molecule has 3 rings (SSSR count). The van der Waals surface area contributed by atoms with Gasteiger partial charge in [0.05, 0.1) is 18.4 Å². The zero-order valence-electron chi connectivity index (χ0n) is 14.1. The molecule has 0 bridgehead atoms. The molecule has 1 heterocycles. The highest BCUT2D eigenvalue weighted by Gasteiger charge is 2.30. The summed E-state index contributed by atoms with van der Waals surface area (Å²) >= 11 is 0. The number of methoxy groups -OCH3 is 1. The lowest BCUT2D eigenvalue weighted by atomic mass is 10.1. The lowest BCUT2D eigenvalue weighted by molar-refractivity contribution is -0.137. The fraction of sp³-hybridized carbons (Fsp3) is 0.105. The Morgan fingerprint density at radius 2 is 1.78 bits per heavy atom. The van der Waals surface area contributed by atoms with Crippen LogP contribution in [0.2, 0.25) is 0 Å². The van der Waals surface area contributed by atoms with E-state index < -0.39 is 17.6 Å².